The van der Waals surface area contributed by atoms with Crippen LogP contribution in [0.4, 0.5) is 9.18 Å². The SMILES string of the molecule is COc1ccc(F)c([C@@H]2CS(=O)(=O)C(C)(C)C(NC(=O)OC(C)(C)C)=N2)c1. The van der Waals surface area contributed by atoms with Gasteiger partial charge in [-0.05, 0) is 52.8 Å². The summed E-state index contributed by atoms with van der Waals surface area (Å²) in [6.45, 7) is 7.94. The standard InChI is InChI=1S/C18H25FN2O5S/c1-17(2,3)26-16(22)21-15-18(4,5)27(23,24)10-14(20-15)12-9-11(25-6)7-8-13(12)19/h7-9,14H,10H2,1-6H3,(H,20,21,22)/t14-/m0/s1. The number of aliphatic imine (C=N–C) groups is 1. The fourth-order valence-electron chi connectivity index (χ4n) is 2.56. The third kappa shape index (κ3) is 4.58. The molecule has 0 bridgehead atoms. The summed E-state index contributed by atoms with van der Waals surface area (Å²) in [5.74, 6) is -0.694. The molecule has 1 heterocycles. The molecule has 0 aliphatic carbocycles. The molecule has 1 atom stereocenters. The van der Waals surface area contributed by atoms with Crippen LogP contribution < -0.4 is 10.1 Å². The molecule has 1 N–H and O–H groups in total. The van der Waals surface area contributed by atoms with E-state index in [1.165, 1.54) is 39.2 Å². The zero-order chi connectivity index (χ0) is 20.6. The van der Waals surface area contributed by atoms with Crippen LogP contribution in [0.3, 0.4) is 0 Å². The van der Waals surface area contributed by atoms with Gasteiger partial charge in [0.25, 0.3) is 0 Å². The number of amides is 1. The average Bonchev–Trinajstić information content (AvgIpc) is 2.50. The van der Waals surface area contributed by atoms with Crippen LogP contribution in [0.15, 0.2) is 23.2 Å². The fraction of sp³-hybridized carbons (Fsp3) is 0.556. The van der Waals surface area contributed by atoms with Crippen molar-refractivity contribution in [1.82, 2.24) is 5.32 Å². The minimum Gasteiger partial charge on any atom is -0.497 e. The van der Waals surface area contributed by atoms with Gasteiger partial charge in [-0.25, -0.2) is 17.6 Å². The number of carbonyl (C=O) groups excluding carboxylic acids is 1. The summed E-state index contributed by atoms with van der Waals surface area (Å²) >= 11 is 0. The summed E-state index contributed by atoms with van der Waals surface area (Å²) in [4.78, 5) is 16.5. The number of benzene rings is 1. The van der Waals surface area contributed by atoms with Gasteiger partial charge in [-0.2, -0.15) is 0 Å². The van der Waals surface area contributed by atoms with E-state index in [0.717, 1.165) is 0 Å². The van der Waals surface area contributed by atoms with E-state index in [9.17, 15) is 17.6 Å². The molecule has 0 spiro atoms. The molecule has 0 saturated heterocycles. The number of nitrogens with zero attached hydrogens (tertiary/aromatic N) is 1. The number of amidine groups is 1. The monoisotopic (exact) mass is 400 g/mol. The molecule has 0 radical (unpaired) electrons. The molecule has 1 amide bonds. The quantitative estimate of drug-likeness (QED) is 0.824. The first-order valence-corrected chi connectivity index (χ1v) is 10.1. The maximum absolute atomic E-state index is 14.3. The van der Waals surface area contributed by atoms with Crippen LogP contribution in [-0.2, 0) is 14.6 Å². The molecule has 1 aliphatic rings. The number of rotatable bonds is 2. The van der Waals surface area contributed by atoms with Gasteiger partial charge in [-0.3, -0.25) is 10.3 Å². The van der Waals surface area contributed by atoms with E-state index in [-0.39, 0.29) is 17.2 Å². The molecule has 2 rings (SSSR count). The van der Waals surface area contributed by atoms with E-state index in [1.807, 2.05) is 0 Å². The molecule has 0 unspecified atom stereocenters. The van der Waals surface area contributed by atoms with Crippen molar-refractivity contribution in [3.63, 3.8) is 0 Å². The molecule has 0 fully saturated rings. The van der Waals surface area contributed by atoms with E-state index in [1.54, 1.807) is 20.8 Å². The fourth-order valence-corrected chi connectivity index (χ4v) is 4.04. The highest BCUT2D eigenvalue weighted by molar-refractivity contribution is 7.93. The summed E-state index contributed by atoms with van der Waals surface area (Å²) in [5.41, 5.74) is -0.683. The Morgan fingerprint density at radius 2 is 1.96 bits per heavy atom. The van der Waals surface area contributed by atoms with Crippen molar-refractivity contribution in [2.45, 2.75) is 51.0 Å². The van der Waals surface area contributed by atoms with Gasteiger partial charge in [-0.1, -0.05) is 0 Å². The van der Waals surface area contributed by atoms with Gasteiger partial charge in [0.05, 0.1) is 18.9 Å². The first-order valence-electron chi connectivity index (χ1n) is 8.41. The molecule has 7 nitrogen and oxygen atoms in total. The van der Waals surface area contributed by atoms with Crippen molar-refractivity contribution in [2.24, 2.45) is 4.99 Å². The highest BCUT2D eigenvalue weighted by Crippen LogP contribution is 2.34. The van der Waals surface area contributed by atoms with Gasteiger partial charge in [0.15, 0.2) is 9.84 Å². The van der Waals surface area contributed by atoms with Crippen LogP contribution in [0.2, 0.25) is 0 Å². The van der Waals surface area contributed by atoms with Crippen LogP contribution in [0.5, 0.6) is 5.75 Å². The predicted molar refractivity (Wildman–Crippen MR) is 100 cm³/mol. The van der Waals surface area contributed by atoms with E-state index in [0.29, 0.717) is 5.75 Å². The highest BCUT2D eigenvalue weighted by atomic mass is 32.2. The summed E-state index contributed by atoms with van der Waals surface area (Å²) in [5, 5.41) is 2.43. The molecule has 1 aromatic carbocycles. The number of methoxy groups -OCH3 is 1. The molecule has 150 valence electrons. The van der Waals surface area contributed by atoms with Crippen molar-refractivity contribution in [1.29, 1.82) is 0 Å². The molecule has 1 aromatic rings. The number of carbonyl (C=O) groups is 1. The lowest BCUT2D eigenvalue weighted by Crippen LogP contribution is -2.54. The molecule has 9 heteroatoms. The lowest BCUT2D eigenvalue weighted by molar-refractivity contribution is 0.0561. The number of alkyl carbamates (subject to hydrolysis) is 1. The highest BCUT2D eigenvalue weighted by Gasteiger charge is 2.46. The van der Waals surface area contributed by atoms with Crippen LogP contribution in [0.25, 0.3) is 0 Å². The third-order valence-electron chi connectivity index (χ3n) is 4.19. The third-order valence-corrected chi connectivity index (χ3v) is 6.69. The Hall–Kier alpha value is -2.16. The zero-order valence-electron chi connectivity index (χ0n) is 16.3. The summed E-state index contributed by atoms with van der Waals surface area (Å²) in [7, 11) is -2.31. The Kier molecular flexibility index (Phi) is 5.56. The van der Waals surface area contributed by atoms with E-state index in [2.05, 4.69) is 10.3 Å². The zero-order valence-corrected chi connectivity index (χ0v) is 17.1. The van der Waals surface area contributed by atoms with Gasteiger partial charge in [-0.15, -0.1) is 0 Å². The van der Waals surface area contributed by atoms with Crippen LogP contribution in [-0.4, -0.2) is 43.6 Å². The number of sulfone groups is 1. The number of nitrogens with one attached hydrogen (secondary N) is 1. The van der Waals surface area contributed by atoms with Crippen molar-refractivity contribution in [3.8, 4) is 5.75 Å². The van der Waals surface area contributed by atoms with Gasteiger partial charge >= 0.3 is 6.09 Å². The summed E-state index contributed by atoms with van der Waals surface area (Å²) in [6.07, 6.45) is -0.823. The number of hydrogen-bond donors (Lipinski definition) is 1. The van der Waals surface area contributed by atoms with E-state index in [4.69, 9.17) is 9.47 Å². The number of halogens is 1. The lowest BCUT2D eigenvalue weighted by Gasteiger charge is -2.34. The first kappa shape index (κ1) is 21.1. The van der Waals surface area contributed by atoms with Crippen molar-refractivity contribution >= 4 is 21.8 Å². The minimum absolute atomic E-state index is 0.0805. The van der Waals surface area contributed by atoms with Gasteiger partial charge in [0.1, 0.15) is 27.8 Å². The first-order chi connectivity index (χ1) is 12.3. The Balaban J connectivity index is 2.47. The van der Waals surface area contributed by atoms with Gasteiger partial charge in [0, 0.05) is 5.56 Å². The van der Waals surface area contributed by atoms with Crippen LogP contribution in [0.1, 0.15) is 46.2 Å². The topological polar surface area (TPSA) is 94.1 Å². The average molecular weight is 400 g/mol. The second-order valence-electron chi connectivity index (χ2n) is 7.80. The molecule has 1 aliphatic heterocycles. The van der Waals surface area contributed by atoms with Gasteiger partial charge in [0.2, 0.25) is 0 Å². The molecular weight excluding hydrogens is 375 g/mol. The Bertz CT molecular complexity index is 872. The predicted octanol–water partition coefficient (Wildman–Crippen LogP) is 3.01. The molecule has 0 aromatic heterocycles. The largest absolute Gasteiger partial charge is 0.497 e. The van der Waals surface area contributed by atoms with Crippen LogP contribution >= 0.6 is 0 Å². The van der Waals surface area contributed by atoms with Crippen molar-refractivity contribution < 1.29 is 27.1 Å². The summed E-state index contributed by atoms with van der Waals surface area (Å²) in [6, 6.07) is 3.02. The second-order valence-corrected chi connectivity index (χ2v) is 10.4. The Morgan fingerprint density at radius 3 is 2.52 bits per heavy atom. The van der Waals surface area contributed by atoms with E-state index >= 15 is 0 Å². The molecule has 27 heavy (non-hydrogen) atoms. The lowest BCUT2D eigenvalue weighted by atomic mass is 10.1. The smallest absolute Gasteiger partial charge is 0.413 e. The maximum Gasteiger partial charge on any atom is 0.413 e. The number of hydrogen-bond acceptors (Lipinski definition) is 6. The normalized spacial score (nSPS) is 21.1. The number of ether oxygens (including phenoxy) is 2. The Labute approximate surface area is 158 Å². The second kappa shape index (κ2) is 7.10. The van der Waals surface area contributed by atoms with Crippen molar-refractivity contribution in [2.75, 3.05) is 12.9 Å². The van der Waals surface area contributed by atoms with Crippen molar-refractivity contribution in [3.05, 3.63) is 29.6 Å². The molecule has 0 saturated carbocycles. The Morgan fingerprint density at radius 1 is 1.33 bits per heavy atom. The summed E-state index contributed by atoms with van der Waals surface area (Å²) < 4.78 is 48.7. The minimum atomic E-state index is -3.74. The van der Waals surface area contributed by atoms with E-state index < -0.39 is 38.1 Å². The van der Waals surface area contributed by atoms with Crippen LogP contribution in [0, 0.1) is 5.82 Å². The maximum atomic E-state index is 14.3. The van der Waals surface area contributed by atoms with Gasteiger partial charge < -0.3 is 9.47 Å². The molecular formula is C18H25FN2O5S.